The maximum atomic E-state index is 12.6. The molecule has 10 nitrogen and oxygen atoms in total. The summed E-state index contributed by atoms with van der Waals surface area (Å²) in [5.74, 6) is 1.58. The second-order valence-corrected chi connectivity index (χ2v) is 8.07. The Morgan fingerprint density at radius 1 is 0.914 bits per heavy atom. The van der Waals surface area contributed by atoms with Crippen LogP contribution in [0.15, 0.2) is 36.7 Å². The van der Waals surface area contributed by atoms with Gasteiger partial charge in [-0.05, 0) is 42.2 Å². The molecule has 0 aliphatic carbocycles. The number of anilines is 1. The van der Waals surface area contributed by atoms with Gasteiger partial charge in [-0.3, -0.25) is 4.79 Å². The van der Waals surface area contributed by atoms with E-state index in [1.165, 1.54) is 5.56 Å². The van der Waals surface area contributed by atoms with E-state index < -0.39 is 0 Å². The number of nitrogens with one attached hydrogen (secondary N) is 1. The molecule has 0 saturated heterocycles. The zero-order chi connectivity index (χ0) is 24.6. The number of ether oxygens (including phenoxy) is 4. The number of carbonyl (C=O) groups excluding carboxylic acids is 1. The summed E-state index contributed by atoms with van der Waals surface area (Å²) in [6.07, 6.45) is 5.49. The summed E-state index contributed by atoms with van der Waals surface area (Å²) in [5, 5.41) is 3.17. The van der Waals surface area contributed by atoms with Crippen LogP contribution in [-0.4, -0.2) is 86.7 Å². The Morgan fingerprint density at radius 3 is 2.43 bits per heavy atom. The summed E-state index contributed by atoms with van der Waals surface area (Å²) < 4.78 is 22.3. The average molecular weight is 488 g/mol. The lowest BCUT2D eigenvalue weighted by Crippen LogP contribution is -2.32. The number of hydrogen-bond acceptors (Lipinski definition) is 9. The van der Waals surface area contributed by atoms with Crippen molar-refractivity contribution in [2.45, 2.75) is 25.8 Å². The Labute approximate surface area is 207 Å². The summed E-state index contributed by atoms with van der Waals surface area (Å²) in [7, 11) is 0. The molecular weight excluding hydrogens is 450 g/mol. The second kappa shape index (κ2) is 16.0. The largest absolute Gasteiger partial charge is 0.494 e. The summed E-state index contributed by atoms with van der Waals surface area (Å²) in [6, 6.07) is 7.89. The van der Waals surface area contributed by atoms with Crippen molar-refractivity contribution in [3.63, 3.8) is 0 Å². The van der Waals surface area contributed by atoms with E-state index in [2.05, 4.69) is 27.4 Å². The highest BCUT2D eigenvalue weighted by molar-refractivity contribution is 5.77. The first-order valence-corrected chi connectivity index (χ1v) is 12.2. The SMILES string of the molecule is NCCOCCOCCOCCN1Cc2cc(OCCCNc3ncccn3)ccc2CCC1=O. The number of carbonyl (C=O) groups is 1. The molecule has 0 fully saturated rings. The van der Waals surface area contributed by atoms with Gasteiger partial charge < -0.3 is 34.9 Å². The van der Waals surface area contributed by atoms with Gasteiger partial charge in [0.15, 0.2) is 0 Å². The lowest BCUT2D eigenvalue weighted by molar-refractivity contribution is -0.132. The lowest BCUT2D eigenvalue weighted by atomic mass is 10.0. The van der Waals surface area contributed by atoms with Gasteiger partial charge in [-0.1, -0.05) is 6.07 Å². The normalized spacial score (nSPS) is 13.4. The smallest absolute Gasteiger partial charge is 0.223 e. The quantitative estimate of drug-likeness (QED) is 0.321. The molecule has 0 atom stereocenters. The van der Waals surface area contributed by atoms with E-state index in [0.717, 1.165) is 30.7 Å². The van der Waals surface area contributed by atoms with Gasteiger partial charge in [0.25, 0.3) is 0 Å². The zero-order valence-electron chi connectivity index (χ0n) is 20.3. The number of rotatable bonds is 17. The van der Waals surface area contributed by atoms with Crippen LogP contribution in [0, 0.1) is 0 Å². The predicted molar refractivity (Wildman–Crippen MR) is 132 cm³/mol. The standard InChI is InChI=1S/C25H37N5O5/c26-7-13-32-15-17-34-18-16-33-14-11-30-20-22-19-23(5-3-21(22)4-6-24(30)31)35-12-2-10-29-25-27-8-1-9-28-25/h1,3,5,8-9,19H,2,4,6-7,10-18,20,26H2,(H,27,28,29). The van der Waals surface area contributed by atoms with E-state index >= 15 is 0 Å². The van der Waals surface area contributed by atoms with Crippen LogP contribution < -0.4 is 15.8 Å². The number of aryl methyl sites for hydroxylation is 1. The molecule has 0 bridgehead atoms. The third-order valence-electron chi connectivity index (χ3n) is 5.45. The highest BCUT2D eigenvalue weighted by atomic mass is 16.5. The molecule has 0 radical (unpaired) electrons. The molecule has 1 aromatic heterocycles. The number of fused-ring (bicyclic) bond motifs is 1. The molecule has 2 aromatic rings. The fourth-order valence-corrected chi connectivity index (χ4v) is 3.63. The molecular formula is C25H37N5O5. The van der Waals surface area contributed by atoms with Crippen molar-refractivity contribution in [1.82, 2.24) is 14.9 Å². The van der Waals surface area contributed by atoms with Crippen LogP contribution in [-0.2, 0) is 32.0 Å². The zero-order valence-corrected chi connectivity index (χ0v) is 20.3. The highest BCUT2D eigenvalue weighted by Gasteiger charge is 2.20. The highest BCUT2D eigenvalue weighted by Crippen LogP contribution is 2.24. The summed E-state index contributed by atoms with van der Waals surface area (Å²) in [5.41, 5.74) is 7.69. The van der Waals surface area contributed by atoms with Gasteiger partial charge in [0.1, 0.15) is 5.75 Å². The van der Waals surface area contributed by atoms with Crippen LogP contribution in [0.4, 0.5) is 5.95 Å². The van der Waals surface area contributed by atoms with E-state index in [1.807, 2.05) is 11.0 Å². The lowest BCUT2D eigenvalue weighted by Gasteiger charge is -2.21. The van der Waals surface area contributed by atoms with Crippen LogP contribution >= 0.6 is 0 Å². The van der Waals surface area contributed by atoms with Gasteiger partial charge in [0.2, 0.25) is 11.9 Å². The first-order chi connectivity index (χ1) is 17.3. The van der Waals surface area contributed by atoms with Gasteiger partial charge in [-0.2, -0.15) is 0 Å². The van der Waals surface area contributed by atoms with Gasteiger partial charge in [0, 0.05) is 45.0 Å². The Morgan fingerprint density at radius 2 is 1.66 bits per heavy atom. The molecule has 1 aromatic carbocycles. The molecule has 1 aliphatic rings. The average Bonchev–Trinajstić information content (AvgIpc) is 3.04. The molecule has 3 N–H and O–H groups in total. The minimum absolute atomic E-state index is 0.148. The molecule has 3 rings (SSSR count). The molecule has 2 heterocycles. The Hall–Kier alpha value is -2.79. The molecule has 0 spiro atoms. The minimum atomic E-state index is 0.148. The molecule has 0 unspecified atom stereocenters. The number of nitrogens with zero attached hydrogens (tertiary/aromatic N) is 3. The van der Waals surface area contributed by atoms with Crippen molar-refractivity contribution in [3.05, 3.63) is 47.8 Å². The van der Waals surface area contributed by atoms with Crippen molar-refractivity contribution < 1.29 is 23.7 Å². The van der Waals surface area contributed by atoms with Crippen LogP contribution in [0.3, 0.4) is 0 Å². The summed E-state index contributed by atoms with van der Waals surface area (Å²) in [4.78, 5) is 22.7. The van der Waals surface area contributed by atoms with Crippen LogP contribution in [0.5, 0.6) is 5.75 Å². The minimum Gasteiger partial charge on any atom is -0.494 e. The van der Waals surface area contributed by atoms with E-state index in [4.69, 9.17) is 24.7 Å². The third kappa shape index (κ3) is 10.2. The monoisotopic (exact) mass is 487 g/mol. The fraction of sp³-hybridized carbons (Fsp3) is 0.560. The maximum Gasteiger partial charge on any atom is 0.223 e. The summed E-state index contributed by atoms with van der Waals surface area (Å²) >= 11 is 0. The number of nitrogens with two attached hydrogens (primary N) is 1. The van der Waals surface area contributed by atoms with Gasteiger partial charge in [-0.25, -0.2) is 9.97 Å². The molecule has 192 valence electrons. The number of amides is 1. The molecule has 0 saturated carbocycles. The molecule has 35 heavy (non-hydrogen) atoms. The van der Waals surface area contributed by atoms with Crippen molar-refractivity contribution >= 4 is 11.9 Å². The number of aromatic nitrogens is 2. The van der Waals surface area contributed by atoms with E-state index in [0.29, 0.717) is 78.3 Å². The fourth-order valence-electron chi connectivity index (χ4n) is 3.63. The Balaban J connectivity index is 1.35. The van der Waals surface area contributed by atoms with Crippen molar-refractivity contribution in [3.8, 4) is 5.75 Å². The second-order valence-electron chi connectivity index (χ2n) is 8.07. The van der Waals surface area contributed by atoms with Crippen LogP contribution in [0.2, 0.25) is 0 Å². The molecule has 1 amide bonds. The number of hydrogen-bond donors (Lipinski definition) is 2. The molecule has 10 heteroatoms. The van der Waals surface area contributed by atoms with E-state index in [9.17, 15) is 4.79 Å². The first-order valence-electron chi connectivity index (χ1n) is 12.2. The first kappa shape index (κ1) is 26.8. The predicted octanol–water partition coefficient (Wildman–Crippen LogP) is 1.64. The van der Waals surface area contributed by atoms with Gasteiger partial charge in [0.05, 0.1) is 46.2 Å². The summed E-state index contributed by atoms with van der Waals surface area (Å²) in [6.45, 7) is 5.99. The number of benzene rings is 1. The van der Waals surface area contributed by atoms with E-state index in [1.54, 1.807) is 18.5 Å². The van der Waals surface area contributed by atoms with Crippen LogP contribution in [0.1, 0.15) is 24.0 Å². The van der Waals surface area contributed by atoms with Gasteiger partial charge in [-0.15, -0.1) is 0 Å². The van der Waals surface area contributed by atoms with Crippen molar-refractivity contribution in [2.75, 3.05) is 71.2 Å². The van der Waals surface area contributed by atoms with Crippen LogP contribution in [0.25, 0.3) is 0 Å². The Kier molecular flexibility index (Phi) is 12.2. The Bertz CT molecular complexity index is 871. The topological polar surface area (TPSA) is 121 Å². The van der Waals surface area contributed by atoms with E-state index in [-0.39, 0.29) is 5.91 Å². The maximum absolute atomic E-state index is 12.6. The third-order valence-corrected chi connectivity index (χ3v) is 5.45. The van der Waals surface area contributed by atoms with Gasteiger partial charge >= 0.3 is 0 Å². The van der Waals surface area contributed by atoms with Crippen molar-refractivity contribution in [2.24, 2.45) is 5.73 Å². The molecule has 1 aliphatic heterocycles. The van der Waals surface area contributed by atoms with Crippen molar-refractivity contribution in [1.29, 1.82) is 0 Å².